The van der Waals surface area contributed by atoms with Crippen molar-refractivity contribution in [3.63, 3.8) is 0 Å². The first kappa shape index (κ1) is 19.8. The molecular formula is C21H29N3O2. The molecule has 140 valence electrons. The molecular weight excluding hydrogens is 326 g/mol. The zero-order chi connectivity index (χ0) is 18.8. The summed E-state index contributed by atoms with van der Waals surface area (Å²) in [4.78, 5) is 14.5. The minimum absolute atomic E-state index is 0.0206. The van der Waals surface area contributed by atoms with Gasteiger partial charge in [0, 0.05) is 24.3 Å². The van der Waals surface area contributed by atoms with Crippen molar-refractivity contribution in [1.29, 1.82) is 0 Å². The van der Waals surface area contributed by atoms with Crippen LogP contribution >= 0.6 is 0 Å². The summed E-state index contributed by atoms with van der Waals surface area (Å²) in [6.45, 7) is 8.31. The van der Waals surface area contributed by atoms with E-state index in [0.717, 1.165) is 36.5 Å². The van der Waals surface area contributed by atoms with Crippen molar-refractivity contribution in [3.05, 3.63) is 59.7 Å². The van der Waals surface area contributed by atoms with Crippen molar-refractivity contribution in [2.24, 2.45) is 0 Å². The maximum Gasteiger partial charge on any atom is 0.224 e. The molecule has 0 atom stereocenters. The molecule has 2 aromatic carbocycles. The number of carbonyl (C=O) groups excluding carboxylic acids is 1. The highest BCUT2D eigenvalue weighted by molar-refractivity contribution is 5.78. The summed E-state index contributed by atoms with van der Waals surface area (Å²) in [6, 6.07) is 15.2. The smallest absolute Gasteiger partial charge is 0.224 e. The third-order valence-electron chi connectivity index (χ3n) is 4.35. The molecule has 0 radical (unpaired) electrons. The first-order chi connectivity index (χ1) is 12.6. The average Bonchev–Trinajstić information content (AvgIpc) is 2.66. The van der Waals surface area contributed by atoms with Gasteiger partial charge >= 0.3 is 0 Å². The van der Waals surface area contributed by atoms with Crippen molar-refractivity contribution in [1.82, 2.24) is 10.2 Å². The van der Waals surface area contributed by atoms with Gasteiger partial charge in [0.15, 0.2) is 0 Å². The van der Waals surface area contributed by atoms with E-state index in [0.29, 0.717) is 25.3 Å². The molecule has 0 fully saturated rings. The van der Waals surface area contributed by atoms with Crippen LogP contribution in [0.3, 0.4) is 0 Å². The molecule has 0 heterocycles. The Balaban J connectivity index is 1.85. The highest BCUT2D eigenvalue weighted by Crippen LogP contribution is 2.17. The quantitative estimate of drug-likeness (QED) is 0.643. The second-order valence-corrected chi connectivity index (χ2v) is 6.18. The minimum Gasteiger partial charge on any atom is -0.492 e. The largest absolute Gasteiger partial charge is 0.492 e. The zero-order valence-electron chi connectivity index (χ0n) is 15.7. The van der Waals surface area contributed by atoms with E-state index in [2.05, 4.69) is 24.1 Å². The van der Waals surface area contributed by atoms with Gasteiger partial charge in [0.2, 0.25) is 5.91 Å². The van der Waals surface area contributed by atoms with E-state index in [1.165, 1.54) is 0 Å². The molecule has 3 N–H and O–H groups in total. The standard InChI is InChI=1S/C21H29N3O2/c1-3-24(4-2)13-14-26-20-8-6-5-7-18(20)16-23-21(25)15-17-9-11-19(22)12-10-17/h5-12H,3-4,13-16,22H2,1-2H3,(H,23,25). The van der Waals surface area contributed by atoms with Gasteiger partial charge in [-0.3, -0.25) is 4.79 Å². The third kappa shape index (κ3) is 6.41. The minimum atomic E-state index is -0.0206. The molecule has 0 bridgehead atoms. The lowest BCUT2D eigenvalue weighted by Crippen LogP contribution is -2.28. The predicted octanol–water partition coefficient (Wildman–Crippen LogP) is 2.85. The average molecular weight is 355 g/mol. The highest BCUT2D eigenvalue weighted by atomic mass is 16.5. The van der Waals surface area contributed by atoms with Crippen molar-refractivity contribution in [2.75, 3.05) is 32.0 Å². The van der Waals surface area contributed by atoms with E-state index in [1.54, 1.807) is 0 Å². The number of rotatable bonds is 10. The topological polar surface area (TPSA) is 67.6 Å². The Morgan fingerprint density at radius 2 is 1.77 bits per heavy atom. The number of nitrogens with zero attached hydrogens (tertiary/aromatic N) is 1. The molecule has 0 aliphatic carbocycles. The van der Waals surface area contributed by atoms with Gasteiger partial charge in [-0.25, -0.2) is 0 Å². The Bertz CT molecular complexity index is 682. The van der Waals surface area contributed by atoms with E-state index in [9.17, 15) is 4.79 Å². The number of nitrogen functional groups attached to an aromatic ring is 1. The SMILES string of the molecule is CCN(CC)CCOc1ccccc1CNC(=O)Cc1ccc(N)cc1. The summed E-state index contributed by atoms with van der Waals surface area (Å²) in [6.07, 6.45) is 0.339. The summed E-state index contributed by atoms with van der Waals surface area (Å²) in [7, 11) is 0. The monoisotopic (exact) mass is 355 g/mol. The van der Waals surface area contributed by atoms with E-state index in [4.69, 9.17) is 10.5 Å². The van der Waals surface area contributed by atoms with Crippen molar-refractivity contribution < 1.29 is 9.53 Å². The molecule has 2 aromatic rings. The number of ether oxygens (including phenoxy) is 1. The van der Waals surface area contributed by atoms with Gasteiger partial charge in [-0.15, -0.1) is 0 Å². The lowest BCUT2D eigenvalue weighted by atomic mass is 10.1. The Labute approximate surface area is 156 Å². The highest BCUT2D eigenvalue weighted by Gasteiger charge is 2.07. The lowest BCUT2D eigenvalue weighted by Gasteiger charge is -2.19. The van der Waals surface area contributed by atoms with Crippen LogP contribution in [0.5, 0.6) is 5.75 Å². The number of benzene rings is 2. The van der Waals surface area contributed by atoms with E-state index in [1.807, 2.05) is 48.5 Å². The lowest BCUT2D eigenvalue weighted by molar-refractivity contribution is -0.120. The molecule has 0 spiro atoms. The predicted molar refractivity (Wildman–Crippen MR) is 106 cm³/mol. The van der Waals surface area contributed by atoms with Gasteiger partial charge in [-0.05, 0) is 36.9 Å². The van der Waals surface area contributed by atoms with Crippen LogP contribution in [0.15, 0.2) is 48.5 Å². The van der Waals surface area contributed by atoms with Gasteiger partial charge in [-0.2, -0.15) is 0 Å². The molecule has 2 rings (SSSR count). The third-order valence-corrected chi connectivity index (χ3v) is 4.35. The van der Waals surface area contributed by atoms with Gasteiger partial charge < -0.3 is 20.7 Å². The summed E-state index contributed by atoms with van der Waals surface area (Å²) in [5.41, 5.74) is 8.30. The first-order valence-electron chi connectivity index (χ1n) is 9.16. The van der Waals surface area contributed by atoms with Gasteiger partial charge in [0.25, 0.3) is 0 Å². The van der Waals surface area contributed by atoms with Gasteiger partial charge in [-0.1, -0.05) is 44.2 Å². The fourth-order valence-corrected chi connectivity index (χ4v) is 2.69. The molecule has 0 aliphatic heterocycles. The van der Waals surface area contributed by atoms with E-state index < -0.39 is 0 Å². The maximum absolute atomic E-state index is 12.2. The Hall–Kier alpha value is -2.53. The zero-order valence-corrected chi connectivity index (χ0v) is 15.7. The van der Waals surface area contributed by atoms with Crippen LogP contribution in [0, 0.1) is 0 Å². The number of likely N-dealkylation sites (N-methyl/N-ethyl adjacent to an activating group) is 1. The van der Waals surface area contributed by atoms with Gasteiger partial charge in [0.05, 0.1) is 6.42 Å². The van der Waals surface area contributed by atoms with Crippen LogP contribution in [0.25, 0.3) is 0 Å². The molecule has 26 heavy (non-hydrogen) atoms. The number of nitrogens with one attached hydrogen (secondary N) is 1. The summed E-state index contributed by atoms with van der Waals surface area (Å²) >= 11 is 0. The fourth-order valence-electron chi connectivity index (χ4n) is 2.69. The Morgan fingerprint density at radius 1 is 1.08 bits per heavy atom. The molecule has 0 saturated carbocycles. The summed E-state index contributed by atoms with van der Waals surface area (Å²) in [5.74, 6) is 0.806. The van der Waals surface area contributed by atoms with Crippen molar-refractivity contribution >= 4 is 11.6 Å². The molecule has 5 heteroatoms. The number of anilines is 1. The van der Waals surface area contributed by atoms with E-state index >= 15 is 0 Å². The van der Waals surface area contributed by atoms with Crippen LogP contribution in [0.1, 0.15) is 25.0 Å². The van der Waals surface area contributed by atoms with Crippen molar-refractivity contribution in [2.45, 2.75) is 26.8 Å². The second-order valence-electron chi connectivity index (χ2n) is 6.18. The van der Waals surface area contributed by atoms with Crippen molar-refractivity contribution in [3.8, 4) is 5.75 Å². The fraction of sp³-hybridized carbons (Fsp3) is 0.381. The number of amides is 1. The number of carbonyl (C=O) groups is 1. The number of para-hydroxylation sites is 1. The first-order valence-corrected chi connectivity index (χ1v) is 9.16. The molecule has 0 aromatic heterocycles. The Morgan fingerprint density at radius 3 is 2.46 bits per heavy atom. The molecule has 1 amide bonds. The molecule has 0 aliphatic rings. The number of hydrogen-bond donors (Lipinski definition) is 2. The molecule has 5 nitrogen and oxygen atoms in total. The molecule has 0 saturated heterocycles. The normalized spacial score (nSPS) is 10.7. The Kier molecular flexibility index (Phi) is 7.96. The van der Waals surface area contributed by atoms with Crippen LogP contribution in [0.2, 0.25) is 0 Å². The van der Waals surface area contributed by atoms with Gasteiger partial charge in [0.1, 0.15) is 12.4 Å². The molecule has 0 unspecified atom stereocenters. The van der Waals surface area contributed by atoms with Crippen LogP contribution in [-0.2, 0) is 17.8 Å². The second kappa shape index (κ2) is 10.5. The number of hydrogen-bond acceptors (Lipinski definition) is 4. The number of nitrogens with two attached hydrogens (primary N) is 1. The van der Waals surface area contributed by atoms with E-state index in [-0.39, 0.29) is 5.91 Å². The van der Waals surface area contributed by atoms with Crippen LogP contribution in [0.4, 0.5) is 5.69 Å². The van der Waals surface area contributed by atoms with Crippen LogP contribution in [-0.4, -0.2) is 37.0 Å². The maximum atomic E-state index is 12.2. The summed E-state index contributed by atoms with van der Waals surface area (Å²) in [5, 5.41) is 2.96. The summed E-state index contributed by atoms with van der Waals surface area (Å²) < 4.78 is 5.93. The van der Waals surface area contributed by atoms with Crippen LogP contribution < -0.4 is 15.8 Å².